The predicted molar refractivity (Wildman–Crippen MR) is 101 cm³/mol. The van der Waals surface area contributed by atoms with Crippen LogP contribution in [0.5, 0.6) is 0 Å². The molecular weight excluding hydrogens is 434 g/mol. The molecule has 5 rings (SSSR count). The number of hydrogen-bond donors (Lipinski definition) is 1. The van der Waals surface area contributed by atoms with E-state index in [9.17, 15) is 4.79 Å². The molecule has 3 aliphatic rings. The molecule has 0 saturated carbocycles. The van der Waals surface area contributed by atoms with Crippen LogP contribution in [0.1, 0.15) is 17.9 Å². The molecule has 1 N–H and O–H groups in total. The Balaban J connectivity index is 1.81. The van der Waals surface area contributed by atoms with Crippen LogP contribution in [-0.2, 0) is 9.53 Å². The van der Waals surface area contributed by atoms with Gasteiger partial charge in [0.1, 0.15) is 6.10 Å². The first-order chi connectivity index (χ1) is 11.6. The number of fused-ring (bicyclic) bond motifs is 2. The maximum Gasteiger partial charge on any atom is 0.337 e. The van der Waals surface area contributed by atoms with Gasteiger partial charge in [-0.1, -0.05) is 62.2 Å². The number of esters is 1. The lowest BCUT2D eigenvalue weighted by Gasteiger charge is -2.48. The molecular formula is C19H15Br2NO2. The Labute approximate surface area is 157 Å². The number of rotatable bonds is 3. The van der Waals surface area contributed by atoms with E-state index in [-0.39, 0.29) is 18.0 Å². The van der Waals surface area contributed by atoms with E-state index in [2.05, 4.69) is 49.3 Å². The van der Waals surface area contributed by atoms with E-state index in [1.807, 2.05) is 48.5 Å². The van der Waals surface area contributed by atoms with Crippen LogP contribution in [0.2, 0.25) is 0 Å². The van der Waals surface area contributed by atoms with E-state index in [0.29, 0.717) is 0 Å². The Morgan fingerprint density at radius 2 is 1.75 bits per heavy atom. The monoisotopic (exact) mass is 447 g/mol. The Bertz CT molecular complexity index is 804. The lowest BCUT2D eigenvalue weighted by atomic mass is 9.70. The summed E-state index contributed by atoms with van der Waals surface area (Å²) in [6.45, 7) is 0. The summed E-state index contributed by atoms with van der Waals surface area (Å²) in [6.07, 6.45) is 2.53. The molecule has 0 amide bonds. The van der Waals surface area contributed by atoms with Gasteiger partial charge in [-0.2, -0.15) is 0 Å². The zero-order chi connectivity index (χ0) is 16.7. The Kier molecular flexibility index (Phi) is 4.01. The van der Waals surface area contributed by atoms with Gasteiger partial charge in [-0.15, -0.1) is 0 Å². The van der Waals surface area contributed by atoms with Crippen molar-refractivity contribution in [2.75, 3.05) is 5.32 Å². The summed E-state index contributed by atoms with van der Waals surface area (Å²) in [5.41, 5.74) is 1.12. The van der Waals surface area contributed by atoms with Crippen LogP contribution >= 0.6 is 31.9 Å². The van der Waals surface area contributed by atoms with Gasteiger partial charge in [-0.25, -0.2) is 4.79 Å². The number of para-hydroxylation sites is 1. The van der Waals surface area contributed by atoms with Gasteiger partial charge in [-0.3, -0.25) is 0 Å². The van der Waals surface area contributed by atoms with Crippen LogP contribution in [0.4, 0.5) is 5.69 Å². The number of ether oxygens (including phenoxy) is 1. The van der Waals surface area contributed by atoms with E-state index in [4.69, 9.17) is 4.74 Å². The van der Waals surface area contributed by atoms with E-state index >= 15 is 0 Å². The summed E-state index contributed by atoms with van der Waals surface area (Å²) in [4.78, 5) is 12.8. The summed E-state index contributed by atoms with van der Waals surface area (Å²) in [6, 6.07) is 17.9. The number of benzene rings is 2. The minimum atomic E-state index is -0.900. The topological polar surface area (TPSA) is 38.3 Å². The molecule has 5 heteroatoms. The van der Waals surface area contributed by atoms with Crippen molar-refractivity contribution in [3.05, 3.63) is 75.2 Å². The van der Waals surface area contributed by atoms with E-state index in [1.54, 1.807) is 0 Å². The third-order valence-electron chi connectivity index (χ3n) is 4.66. The molecule has 24 heavy (non-hydrogen) atoms. The van der Waals surface area contributed by atoms with Crippen molar-refractivity contribution in [2.24, 2.45) is 0 Å². The number of carbonyl (C=O) groups is 1. The molecule has 3 nitrogen and oxygen atoms in total. The highest BCUT2D eigenvalue weighted by atomic mass is 79.9. The average Bonchev–Trinajstić information content (AvgIpc) is 2.58. The molecule has 0 radical (unpaired) electrons. The highest BCUT2D eigenvalue weighted by Crippen LogP contribution is 2.49. The number of halogens is 2. The fourth-order valence-corrected chi connectivity index (χ4v) is 4.39. The molecule has 3 atom stereocenters. The molecule has 2 aliphatic heterocycles. The van der Waals surface area contributed by atoms with Crippen LogP contribution < -0.4 is 5.32 Å². The van der Waals surface area contributed by atoms with Crippen LogP contribution in [-0.4, -0.2) is 17.6 Å². The fraction of sp³-hybridized carbons (Fsp3) is 0.211. The number of nitrogens with one attached hydrogen (secondary N) is 1. The van der Waals surface area contributed by atoms with Gasteiger partial charge in [0.25, 0.3) is 0 Å². The largest absolute Gasteiger partial charge is 0.455 e. The molecule has 2 heterocycles. The Morgan fingerprint density at radius 3 is 2.46 bits per heavy atom. The highest BCUT2D eigenvalue weighted by Gasteiger charge is 2.55. The molecule has 0 spiro atoms. The first-order valence-corrected chi connectivity index (χ1v) is 9.35. The number of carbonyl (C=O) groups excluding carboxylic acids is 1. The van der Waals surface area contributed by atoms with Gasteiger partial charge in [0.05, 0.1) is 0 Å². The van der Waals surface area contributed by atoms with Crippen LogP contribution in [0, 0.1) is 0 Å². The lowest BCUT2D eigenvalue weighted by Crippen LogP contribution is -2.59. The zero-order valence-corrected chi connectivity index (χ0v) is 15.9. The standard InChI is InChI=1S/C19H15Br2NO2/c20-13-8-6-12(7-9-13)15-10-17-16(21)11-19(15,18(23)24-17)22-14-4-2-1-3-5-14/h1-9,11,15,17,22H,10H2/t15-,17-,19+/m0/s1. The lowest BCUT2D eigenvalue weighted by molar-refractivity contribution is -0.159. The SMILES string of the molecule is O=C1O[C@H]2C[C@@H](c3ccc(Br)cc3)[C@]1(Nc1ccccc1)C=C2Br. The Hall–Kier alpha value is -1.59. The van der Waals surface area contributed by atoms with Crippen LogP contribution in [0.15, 0.2) is 69.6 Å². The van der Waals surface area contributed by atoms with Crippen LogP contribution in [0.25, 0.3) is 0 Å². The fourth-order valence-electron chi connectivity index (χ4n) is 3.48. The minimum absolute atomic E-state index is 0.0124. The third-order valence-corrected chi connectivity index (χ3v) is 5.93. The van der Waals surface area contributed by atoms with Gasteiger partial charge in [0.2, 0.25) is 0 Å². The second-order valence-electron chi connectivity index (χ2n) is 6.12. The molecule has 1 aliphatic carbocycles. The smallest absolute Gasteiger partial charge is 0.337 e. The van der Waals surface area contributed by atoms with Crippen molar-refractivity contribution >= 4 is 43.5 Å². The average molecular weight is 449 g/mol. The minimum Gasteiger partial charge on any atom is -0.455 e. The zero-order valence-electron chi connectivity index (χ0n) is 12.7. The summed E-state index contributed by atoms with van der Waals surface area (Å²) < 4.78 is 7.58. The van der Waals surface area contributed by atoms with Crippen molar-refractivity contribution in [2.45, 2.75) is 24.0 Å². The molecule has 0 aromatic heterocycles. The van der Waals surface area contributed by atoms with Gasteiger partial charge in [0, 0.05) is 20.6 Å². The summed E-state index contributed by atoms with van der Waals surface area (Å²) in [7, 11) is 0. The van der Waals surface area contributed by atoms with Gasteiger partial charge in [0.15, 0.2) is 5.54 Å². The first kappa shape index (κ1) is 15.9. The summed E-state index contributed by atoms with van der Waals surface area (Å²) >= 11 is 7.04. The number of hydrogen-bond acceptors (Lipinski definition) is 3. The maximum absolute atomic E-state index is 12.8. The second kappa shape index (κ2) is 6.05. The van der Waals surface area contributed by atoms with Gasteiger partial charge < -0.3 is 10.1 Å². The van der Waals surface area contributed by atoms with Crippen molar-refractivity contribution < 1.29 is 9.53 Å². The molecule has 2 aromatic carbocycles. The molecule has 2 aromatic rings. The van der Waals surface area contributed by atoms with Crippen molar-refractivity contribution in [3.63, 3.8) is 0 Å². The molecule has 1 fully saturated rings. The number of anilines is 1. The molecule has 0 unspecified atom stereocenters. The van der Waals surface area contributed by atoms with E-state index < -0.39 is 5.54 Å². The van der Waals surface area contributed by atoms with Crippen molar-refractivity contribution in [1.29, 1.82) is 0 Å². The van der Waals surface area contributed by atoms with E-state index in [1.165, 1.54) is 0 Å². The predicted octanol–water partition coefficient (Wildman–Crippen LogP) is 4.99. The maximum atomic E-state index is 12.8. The second-order valence-corrected chi connectivity index (χ2v) is 7.95. The normalized spacial score (nSPS) is 28.2. The molecule has 1 saturated heterocycles. The quantitative estimate of drug-likeness (QED) is 0.672. The molecule has 122 valence electrons. The highest BCUT2D eigenvalue weighted by molar-refractivity contribution is 9.11. The first-order valence-electron chi connectivity index (χ1n) is 7.76. The van der Waals surface area contributed by atoms with Crippen molar-refractivity contribution in [1.82, 2.24) is 0 Å². The van der Waals surface area contributed by atoms with Gasteiger partial charge in [-0.05, 0) is 42.3 Å². The van der Waals surface area contributed by atoms with E-state index in [0.717, 1.165) is 26.6 Å². The Morgan fingerprint density at radius 1 is 1.04 bits per heavy atom. The summed E-state index contributed by atoms with van der Waals surface area (Å²) in [5, 5.41) is 3.43. The van der Waals surface area contributed by atoms with Gasteiger partial charge >= 0.3 is 5.97 Å². The van der Waals surface area contributed by atoms with Crippen LogP contribution in [0.3, 0.4) is 0 Å². The van der Waals surface area contributed by atoms with Crippen molar-refractivity contribution in [3.8, 4) is 0 Å². The summed E-state index contributed by atoms with van der Waals surface area (Å²) in [5.74, 6) is -0.211. The molecule has 2 bridgehead atoms. The third kappa shape index (κ3) is 2.60.